The molecule has 3 saturated heterocycles. The fraction of sp³-hybridized carbons (Fsp3) is 0.565. The molecule has 9 heterocycles. The van der Waals surface area contributed by atoms with Crippen LogP contribution in [0.1, 0.15) is 236 Å². The highest BCUT2D eigenvalue weighted by Gasteiger charge is 2.70. The number of allylic oxidation sites excluding steroid dienone is 3. The van der Waals surface area contributed by atoms with Crippen LogP contribution in [-0.4, -0.2) is 103 Å². The number of aromatic nitrogens is 3. The Morgan fingerprint density at radius 3 is 1.18 bits per heavy atom. The Morgan fingerprint density at radius 1 is 0.426 bits per heavy atom. The first-order chi connectivity index (χ1) is 49.0. The van der Waals surface area contributed by atoms with Crippen molar-refractivity contribution >= 4 is 38.1 Å². The normalized spacial score (nSPS) is 40.0. The van der Waals surface area contributed by atoms with Crippen LogP contribution >= 0.6 is 0 Å². The van der Waals surface area contributed by atoms with E-state index < -0.39 is 0 Å². The van der Waals surface area contributed by atoms with E-state index in [2.05, 4.69) is 183 Å². The third-order valence-electron chi connectivity index (χ3n) is 31.4. The van der Waals surface area contributed by atoms with Gasteiger partial charge in [-0.05, 0) is 336 Å². The molecule has 9 fully saturated rings. The number of carbonyl (C=O) groups excluding carboxylic acids is 1. The van der Waals surface area contributed by atoms with Gasteiger partial charge in [0.05, 0.1) is 33.6 Å². The Kier molecular flexibility index (Phi) is 15.5. The van der Waals surface area contributed by atoms with Crippen molar-refractivity contribution in [3.8, 4) is 0 Å². The zero-order valence-corrected chi connectivity index (χ0v) is 61.6. The molecular weight excluding hydrogens is 1240 g/mol. The summed E-state index contributed by atoms with van der Waals surface area (Å²) in [6.45, 7) is 14.7. The van der Waals surface area contributed by atoms with E-state index in [1.807, 2.05) is 37.2 Å². The number of Topliss-reactive ketones (excluding diaryl/α,β-unsaturated/α-hetero) is 1. The molecule has 6 bridgehead atoms. The van der Waals surface area contributed by atoms with E-state index in [1.54, 1.807) is 11.1 Å². The zero-order valence-electron chi connectivity index (χ0n) is 61.6. The van der Waals surface area contributed by atoms with Crippen LogP contribution in [0, 0.1) is 34.0 Å². The molecule has 526 valence electrons. The van der Waals surface area contributed by atoms with Gasteiger partial charge in [0.25, 0.3) is 0 Å². The van der Waals surface area contributed by atoms with Crippen LogP contribution in [0.4, 0.5) is 0 Å². The highest BCUT2D eigenvalue weighted by molar-refractivity contribution is 5.85. The van der Waals surface area contributed by atoms with Gasteiger partial charge in [0.2, 0.25) is 0 Å². The Bertz CT molecular complexity index is 4370. The molecule has 21 rings (SSSR count). The fourth-order valence-corrected chi connectivity index (χ4v) is 26.4. The van der Waals surface area contributed by atoms with Crippen LogP contribution in [0.3, 0.4) is 0 Å². The topological polar surface area (TPSA) is 89.9 Å². The first-order valence-electron chi connectivity index (χ1n) is 40.3. The van der Waals surface area contributed by atoms with E-state index in [4.69, 9.17) is 14.2 Å². The predicted molar refractivity (Wildman–Crippen MR) is 406 cm³/mol. The van der Waals surface area contributed by atoms with Gasteiger partial charge in [-0.1, -0.05) is 107 Å². The monoisotopic (exact) mass is 1350 g/mol. The SMILES string of the molecule is CCCN(C)[C@@H]1CCC2=CC3=CC[C@]4(C)[C@@H](c5ccc6ccncc6c5)CC[C@H]4[C@@]34CC[C@]2(C1)O4.CCCN(C)[C@H]1CCC2=CC3=CC[C@]4(C)[C@@H](c5ccc6ccncc6c5)CC[C@H]4[C@@]34CC[C@]2(C1)O4.C[C@]12CC=C3C=C4CCC(=O)C[C@]45CC[C@]3(O5)[C@@H]1CC[C@@H]2c1ccc2ccncc2c1. The van der Waals surface area contributed by atoms with E-state index >= 15 is 0 Å². The lowest BCUT2D eigenvalue weighted by Gasteiger charge is -2.55. The van der Waals surface area contributed by atoms with Crippen molar-refractivity contribution in [2.24, 2.45) is 34.0 Å². The lowest BCUT2D eigenvalue weighted by Crippen LogP contribution is -2.55. The Morgan fingerprint density at radius 2 is 0.792 bits per heavy atom. The fourth-order valence-electron chi connectivity index (χ4n) is 26.4. The number of hydrogen-bond acceptors (Lipinski definition) is 9. The van der Waals surface area contributed by atoms with Crippen molar-refractivity contribution in [1.82, 2.24) is 24.8 Å². The number of ketones is 1. The molecule has 3 aromatic heterocycles. The number of pyridine rings is 3. The summed E-state index contributed by atoms with van der Waals surface area (Å²) < 4.78 is 22.1. The van der Waals surface area contributed by atoms with Crippen LogP contribution < -0.4 is 0 Å². The summed E-state index contributed by atoms with van der Waals surface area (Å²) in [5.41, 5.74) is 13.7. The quantitative estimate of drug-likeness (QED) is 0.140. The lowest BCUT2D eigenvalue weighted by atomic mass is 9.58. The minimum atomic E-state index is -0.294. The highest BCUT2D eigenvalue weighted by Crippen LogP contribution is 2.73. The molecule has 0 amide bonds. The second-order valence-corrected chi connectivity index (χ2v) is 36.0. The minimum absolute atomic E-state index is 0.00673. The first-order valence-corrected chi connectivity index (χ1v) is 40.3. The smallest absolute Gasteiger partial charge is 0.136 e. The molecule has 6 aliphatic heterocycles. The zero-order chi connectivity index (χ0) is 68.5. The van der Waals surface area contributed by atoms with E-state index in [9.17, 15) is 4.79 Å². The van der Waals surface area contributed by atoms with Crippen LogP contribution in [-0.2, 0) is 19.0 Å². The first kappa shape index (κ1) is 65.6. The Hall–Kier alpha value is -6.20. The molecule has 6 spiro atoms. The number of fused-ring (bicyclic) bond motifs is 6. The summed E-state index contributed by atoms with van der Waals surface area (Å²) in [7, 11) is 4.66. The molecule has 9 heteroatoms. The molecular formula is C92H109N5O4. The van der Waals surface area contributed by atoms with Gasteiger partial charge in [-0.3, -0.25) is 19.7 Å². The summed E-state index contributed by atoms with van der Waals surface area (Å²) in [5.74, 6) is 3.83. The molecule has 0 radical (unpaired) electrons. The van der Waals surface area contributed by atoms with Gasteiger partial charge in [0.1, 0.15) is 5.78 Å². The lowest BCUT2D eigenvalue weighted by molar-refractivity contribution is -0.146. The summed E-state index contributed by atoms with van der Waals surface area (Å²) in [6, 6.07) is 28.9. The van der Waals surface area contributed by atoms with E-state index in [1.165, 1.54) is 213 Å². The van der Waals surface area contributed by atoms with E-state index in [0.29, 0.717) is 66.2 Å². The summed E-state index contributed by atoms with van der Waals surface area (Å²) in [4.78, 5) is 30.7. The predicted octanol–water partition coefficient (Wildman–Crippen LogP) is 20.4. The van der Waals surface area contributed by atoms with E-state index in [-0.39, 0.29) is 49.9 Å². The summed E-state index contributed by atoms with van der Waals surface area (Å²) in [5, 5.41) is 7.62. The Balaban J connectivity index is 0.000000105. The molecule has 15 aliphatic rings. The third-order valence-corrected chi connectivity index (χ3v) is 31.4. The number of carbonyl (C=O) groups is 1. The molecule has 101 heavy (non-hydrogen) atoms. The molecule has 9 aliphatic carbocycles. The second-order valence-electron chi connectivity index (χ2n) is 36.0. The molecule has 9 nitrogen and oxygen atoms in total. The maximum atomic E-state index is 12.4. The molecule has 6 aromatic rings. The van der Waals surface area contributed by atoms with Crippen molar-refractivity contribution < 1.29 is 19.0 Å². The van der Waals surface area contributed by atoms with Crippen molar-refractivity contribution in [2.75, 3.05) is 27.2 Å². The van der Waals surface area contributed by atoms with Gasteiger partial charge in [0, 0.05) is 78.3 Å². The van der Waals surface area contributed by atoms with Gasteiger partial charge >= 0.3 is 0 Å². The minimum Gasteiger partial charge on any atom is -0.359 e. The van der Waals surface area contributed by atoms with Crippen molar-refractivity contribution in [3.63, 3.8) is 0 Å². The van der Waals surface area contributed by atoms with Gasteiger partial charge in [-0.2, -0.15) is 0 Å². The summed E-state index contributed by atoms with van der Waals surface area (Å²) >= 11 is 0. The van der Waals surface area contributed by atoms with Crippen molar-refractivity contribution in [3.05, 3.63) is 197 Å². The van der Waals surface area contributed by atoms with Crippen LogP contribution in [0.25, 0.3) is 32.3 Å². The number of rotatable bonds is 9. The van der Waals surface area contributed by atoms with Crippen molar-refractivity contribution in [1.29, 1.82) is 0 Å². The van der Waals surface area contributed by atoms with E-state index in [0.717, 1.165) is 25.7 Å². The van der Waals surface area contributed by atoms with Crippen molar-refractivity contribution in [2.45, 2.75) is 265 Å². The maximum Gasteiger partial charge on any atom is 0.136 e. The van der Waals surface area contributed by atoms with Gasteiger partial charge < -0.3 is 24.0 Å². The van der Waals surface area contributed by atoms with Gasteiger partial charge in [-0.15, -0.1) is 0 Å². The molecule has 0 unspecified atom stereocenters. The van der Waals surface area contributed by atoms with Crippen LogP contribution in [0.5, 0.6) is 0 Å². The molecule has 3 aromatic carbocycles. The number of hydrogen-bond donors (Lipinski definition) is 0. The van der Waals surface area contributed by atoms with Crippen LogP contribution in [0.2, 0.25) is 0 Å². The average molecular weight is 1350 g/mol. The average Bonchev–Trinajstić information content (AvgIpc) is 1.55. The molecule has 17 atom stereocenters. The number of nitrogens with zero attached hydrogens (tertiary/aromatic N) is 5. The highest BCUT2D eigenvalue weighted by atomic mass is 16.5. The van der Waals surface area contributed by atoms with Gasteiger partial charge in [-0.25, -0.2) is 0 Å². The van der Waals surface area contributed by atoms with Gasteiger partial charge in [0.15, 0.2) is 0 Å². The molecule has 0 N–H and O–H groups in total. The molecule has 6 saturated carbocycles. The maximum absolute atomic E-state index is 12.4. The second kappa shape index (κ2) is 23.9. The van der Waals surface area contributed by atoms with Crippen LogP contribution in [0.15, 0.2) is 180 Å². The third kappa shape index (κ3) is 9.81. The summed E-state index contributed by atoms with van der Waals surface area (Å²) in [6.07, 6.45) is 57.0. The largest absolute Gasteiger partial charge is 0.359 e. The number of benzene rings is 3. The number of ether oxygens (including phenoxy) is 3. The standard InChI is InChI=1S/2C32H40N2O.C28H29NO2/c2*1-4-17-34(3)27-8-7-25-19-26-11-13-30(2)28(23-6-5-22-12-16-33-21-24(22)18-23)9-10-29(30)32(26)15-14-31(25,20-27)35-32;1-26-10-8-22-15-21-4-5-23(30)16-27(21)11-12-28(22,31-27)25(26)7-6-24(26)19-3-2-18-9-13-29-17-20(18)14-19/h2*5-6,11-12,16,18-19,21,27-29H,4,7-10,13-15,17,20H2,1-3H3;2-3,8-9,13-15,17,24-25H,4-7,10-12,16H2,1H3/t27-,28+,29+,30+,31+,32+;27-,28-,29-,30-,31-,32-;24-,25-,26-,27-,28-/m011/s1. The Labute approximate surface area is 601 Å².